The zero-order chi connectivity index (χ0) is 21.6. The van der Waals surface area contributed by atoms with E-state index in [1.807, 2.05) is 48.0 Å². The molecule has 31 heavy (non-hydrogen) atoms. The molecule has 0 bridgehead atoms. The molecular weight excluding hydrogens is 394 g/mol. The summed E-state index contributed by atoms with van der Waals surface area (Å²) >= 11 is 0. The van der Waals surface area contributed by atoms with Crippen molar-refractivity contribution in [2.24, 2.45) is 0 Å². The van der Waals surface area contributed by atoms with Gasteiger partial charge in [0.2, 0.25) is 0 Å². The topological polar surface area (TPSA) is 106 Å². The molecule has 0 radical (unpaired) electrons. The van der Waals surface area contributed by atoms with Crippen molar-refractivity contribution in [1.82, 2.24) is 19.5 Å². The second-order valence-electron chi connectivity index (χ2n) is 6.61. The number of aromatic nitrogens is 4. The van der Waals surface area contributed by atoms with Crippen LogP contribution in [0, 0.1) is 6.92 Å². The first kappa shape index (κ1) is 19.9. The van der Waals surface area contributed by atoms with Gasteiger partial charge in [0.25, 0.3) is 0 Å². The highest BCUT2D eigenvalue weighted by Gasteiger charge is 2.08. The van der Waals surface area contributed by atoms with Gasteiger partial charge >= 0.3 is 6.03 Å². The maximum atomic E-state index is 12.3. The Bertz CT molecular complexity index is 1170. The number of ether oxygens (including phenoxy) is 1. The summed E-state index contributed by atoms with van der Waals surface area (Å²) in [6.07, 6.45) is 5.20. The van der Waals surface area contributed by atoms with Gasteiger partial charge in [-0.15, -0.1) is 0 Å². The number of urea groups is 1. The molecule has 0 aliphatic carbocycles. The number of hydrogen-bond donors (Lipinski definition) is 3. The fourth-order valence-electron chi connectivity index (χ4n) is 2.96. The summed E-state index contributed by atoms with van der Waals surface area (Å²) in [7, 11) is 1.56. The maximum Gasteiger partial charge on any atom is 0.323 e. The number of aryl methyl sites for hydroxylation is 1. The molecule has 0 saturated heterocycles. The molecule has 0 spiro atoms. The van der Waals surface area contributed by atoms with Gasteiger partial charge in [-0.2, -0.15) is 0 Å². The third-order valence-electron chi connectivity index (χ3n) is 4.36. The molecular formula is C22H21N7O2. The maximum absolute atomic E-state index is 12.3. The van der Waals surface area contributed by atoms with E-state index in [0.29, 0.717) is 28.8 Å². The Morgan fingerprint density at radius 3 is 2.52 bits per heavy atom. The van der Waals surface area contributed by atoms with E-state index in [1.54, 1.807) is 43.9 Å². The Kier molecular flexibility index (Phi) is 5.75. The molecule has 0 fully saturated rings. The Labute approximate surface area is 179 Å². The molecule has 4 rings (SSSR count). The van der Waals surface area contributed by atoms with Crippen LogP contribution in [-0.2, 0) is 0 Å². The lowest BCUT2D eigenvalue weighted by Gasteiger charge is -2.12. The van der Waals surface area contributed by atoms with Crippen LogP contribution in [-0.4, -0.2) is 32.7 Å². The Morgan fingerprint density at radius 1 is 1.00 bits per heavy atom. The Hall–Kier alpha value is -4.40. The number of nitrogens with one attached hydrogen (secondary N) is 3. The van der Waals surface area contributed by atoms with Crippen molar-refractivity contribution in [3.05, 3.63) is 79.1 Å². The lowest BCUT2D eigenvalue weighted by Crippen LogP contribution is -2.19. The molecule has 2 aromatic carbocycles. The highest BCUT2D eigenvalue weighted by atomic mass is 16.5. The number of amides is 2. The molecule has 2 aromatic heterocycles. The molecule has 0 unspecified atom stereocenters. The lowest BCUT2D eigenvalue weighted by molar-refractivity contribution is 0.262. The standard InChI is InChI=1S/C22H21N7O2/c1-15-24-20(13-21(25-15)29-12-11-23-14-29)26-16-7-9-17(10-8-16)27-22(30)28-18-5-3-4-6-19(18)31-2/h3-14H,1-2H3,(H,24,25,26)(H2,27,28,30). The first-order valence-electron chi connectivity index (χ1n) is 9.53. The molecule has 0 aliphatic rings. The van der Waals surface area contributed by atoms with E-state index in [2.05, 4.69) is 30.9 Å². The molecule has 9 heteroatoms. The summed E-state index contributed by atoms with van der Waals surface area (Å²) in [5.41, 5.74) is 2.06. The first-order valence-corrected chi connectivity index (χ1v) is 9.53. The molecule has 156 valence electrons. The van der Waals surface area contributed by atoms with Crippen LogP contribution < -0.4 is 20.7 Å². The zero-order valence-electron chi connectivity index (χ0n) is 17.0. The van der Waals surface area contributed by atoms with Crippen LogP contribution in [0.5, 0.6) is 5.75 Å². The van der Waals surface area contributed by atoms with Gasteiger partial charge in [0, 0.05) is 29.8 Å². The smallest absolute Gasteiger partial charge is 0.323 e. The summed E-state index contributed by atoms with van der Waals surface area (Å²) in [4.78, 5) is 25.2. The van der Waals surface area contributed by atoms with Crippen molar-refractivity contribution in [3.63, 3.8) is 0 Å². The number of rotatable bonds is 6. The van der Waals surface area contributed by atoms with Gasteiger partial charge in [-0.3, -0.25) is 4.57 Å². The number of carbonyl (C=O) groups excluding carboxylic acids is 1. The van der Waals surface area contributed by atoms with Gasteiger partial charge in [0.1, 0.15) is 29.5 Å². The first-order chi connectivity index (χ1) is 15.1. The number of benzene rings is 2. The fraction of sp³-hybridized carbons (Fsp3) is 0.0909. The summed E-state index contributed by atoms with van der Waals surface area (Å²) < 4.78 is 7.06. The minimum atomic E-state index is -0.360. The van der Waals surface area contributed by atoms with Crippen LogP contribution in [0.3, 0.4) is 0 Å². The normalized spacial score (nSPS) is 10.4. The van der Waals surface area contributed by atoms with E-state index < -0.39 is 0 Å². The lowest BCUT2D eigenvalue weighted by atomic mass is 10.2. The average Bonchev–Trinajstić information content (AvgIpc) is 3.30. The van der Waals surface area contributed by atoms with Crippen molar-refractivity contribution in [3.8, 4) is 11.6 Å². The molecule has 0 atom stereocenters. The quantitative estimate of drug-likeness (QED) is 0.432. The van der Waals surface area contributed by atoms with Gasteiger partial charge in [-0.05, 0) is 43.3 Å². The van der Waals surface area contributed by atoms with Crippen LogP contribution in [0.4, 0.5) is 27.7 Å². The molecule has 0 aliphatic heterocycles. The van der Waals surface area contributed by atoms with Crippen molar-refractivity contribution >= 4 is 28.9 Å². The monoisotopic (exact) mass is 415 g/mol. The van der Waals surface area contributed by atoms with E-state index in [9.17, 15) is 4.79 Å². The molecule has 0 saturated carbocycles. The second-order valence-corrected chi connectivity index (χ2v) is 6.61. The van der Waals surface area contributed by atoms with Crippen LogP contribution >= 0.6 is 0 Å². The van der Waals surface area contributed by atoms with E-state index >= 15 is 0 Å². The third-order valence-corrected chi connectivity index (χ3v) is 4.36. The van der Waals surface area contributed by atoms with Crippen LogP contribution in [0.1, 0.15) is 5.82 Å². The van der Waals surface area contributed by atoms with E-state index in [-0.39, 0.29) is 6.03 Å². The number of anilines is 4. The van der Waals surface area contributed by atoms with Crippen molar-refractivity contribution in [1.29, 1.82) is 0 Å². The Balaban J connectivity index is 1.41. The van der Waals surface area contributed by atoms with Crippen LogP contribution in [0.2, 0.25) is 0 Å². The van der Waals surface area contributed by atoms with Gasteiger partial charge < -0.3 is 20.7 Å². The number of carbonyl (C=O) groups is 1. The summed E-state index contributed by atoms with van der Waals surface area (Å²) in [5.74, 6) is 2.61. The van der Waals surface area contributed by atoms with Gasteiger partial charge in [-0.25, -0.2) is 19.7 Å². The van der Waals surface area contributed by atoms with E-state index in [0.717, 1.165) is 11.5 Å². The van der Waals surface area contributed by atoms with E-state index in [4.69, 9.17) is 4.74 Å². The van der Waals surface area contributed by atoms with Gasteiger partial charge in [0.15, 0.2) is 0 Å². The number of nitrogens with zero attached hydrogens (tertiary/aromatic N) is 4. The minimum absolute atomic E-state index is 0.360. The number of hydrogen-bond acceptors (Lipinski definition) is 6. The van der Waals surface area contributed by atoms with E-state index in [1.165, 1.54) is 0 Å². The van der Waals surface area contributed by atoms with Crippen LogP contribution in [0.25, 0.3) is 5.82 Å². The zero-order valence-corrected chi connectivity index (χ0v) is 17.0. The van der Waals surface area contributed by atoms with Crippen molar-refractivity contribution in [2.45, 2.75) is 6.92 Å². The summed E-state index contributed by atoms with van der Waals surface area (Å²) in [6.45, 7) is 1.83. The van der Waals surface area contributed by atoms with Gasteiger partial charge in [0.05, 0.1) is 12.8 Å². The molecule has 3 N–H and O–H groups in total. The molecule has 2 heterocycles. The summed E-state index contributed by atoms with van der Waals surface area (Å²) in [5, 5.41) is 8.83. The number of para-hydroxylation sites is 2. The highest BCUT2D eigenvalue weighted by Crippen LogP contribution is 2.24. The number of imidazole rings is 1. The fourth-order valence-corrected chi connectivity index (χ4v) is 2.96. The molecule has 4 aromatic rings. The highest BCUT2D eigenvalue weighted by molar-refractivity contribution is 6.00. The predicted molar refractivity (Wildman–Crippen MR) is 119 cm³/mol. The van der Waals surface area contributed by atoms with Gasteiger partial charge in [-0.1, -0.05) is 12.1 Å². The predicted octanol–water partition coefficient (Wildman–Crippen LogP) is 4.37. The summed E-state index contributed by atoms with van der Waals surface area (Å²) in [6, 6.07) is 16.0. The van der Waals surface area contributed by atoms with Crippen molar-refractivity contribution < 1.29 is 9.53 Å². The minimum Gasteiger partial charge on any atom is -0.495 e. The molecule has 2 amide bonds. The number of methoxy groups -OCH3 is 1. The Morgan fingerprint density at radius 2 is 1.77 bits per heavy atom. The third kappa shape index (κ3) is 4.96. The van der Waals surface area contributed by atoms with Crippen LogP contribution in [0.15, 0.2) is 73.3 Å². The molecule has 9 nitrogen and oxygen atoms in total. The SMILES string of the molecule is COc1ccccc1NC(=O)Nc1ccc(Nc2cc(-n3ccnc3)nc(C)n2)cc1. The van der Waals surface area contributed by atoms with Crippen molar-refractivity contribution in [2.75, 3.05) is 23.1 Å². The second kappa shape index (κ2) is 8.95. The largest absolute Gasteiger partial charge is 0.495 e. The average molecular weight is 415 g/mol.